The van der Waals surface area contributed by atoms with E-state index in [2.05, 4.69) is 5.32 Å². The van der Waals surface area contributed by atoms with Crippen LogP contribution in [0.1, 0.15) is 49.4 Å². The van der Waals surface area contributed by atoms with Crippen LogP contribution in [-0.4, -0.2) is 55.1 Å². The van der Waals surface area contributed by atoms with Crippen molar-refractivity contribution in [2.45, 2.75) is 45.1 Å². The van der Waals surface area contributed by atoms with Gasteiger partial charge in [0.25, 0.3) is 0 Å². The normalized spacial score (nSPS) is 20.2. The third kappa shape index (κ3) is 5.10. The van der Waals surface area contributed by atoms with Crippen LogP contribution in [0.5, 0.6) is 0 Å². The minimum Gasteiger partial charge on any atom is -0.462 e. The van der Waals surface area contributed by atoms with E-state index in [0.717, 1.165) is 25.7 Å². The highest BCUT2D eigenvalue weighted by atomic mass is 16.5. The molecule has 1 aromatic rings. The Labute approximate surface area is 165 Å². The zero-order valence-corrected chi connectivity index (χ0v) is 16.3. The molecule has 1 aromatic carbocycles. The first-order valence-corrected chi connectivity index (χ1v) is 10.0. The van der Waals surface area contributed by atoms with E-state index in [1.54, 1.807) is 24.3 Å². The quantitative estimate of drug-likeness (QED) is 0.573. The molecule has 2 fully saturated rings. The number of carbonyl (C=O) groups is 3. The number of nitrogens with one attached hydrogen (secondary N) is 1. The summed E-state index contributed by atoms with van der Waals surface area (Å²) < 4.78 is 10.5. The second-order valence-corrected chi connectivity index (χ2v) is 7.35. The molecule has 152 valence electrons. The summed E-state index contributed by atoms with van der Waals surface area (Å²) in [5.74, 6) is -0.841. The number of likely N-dealkylation sites (tertiary alicyclic amines) is 1. The predicted molar refractivity (Wildman–Crippen MR) is 104 cm³/mol. The standard InChI is InChI=1S/C21H28N2O5/c1-2-3-10-28-21(26)15-4-6-17(7-5-15)22-20(25)16-13-19(24)23(14-16)18-8-11-27-12-9-18/h4-7,16,18H,2-3,8-14H2,1H3,(H,22,25). The molecule has 1 unspecified atom stereocenters. The van der Waals surface area contributed by atoms with Crippen LogP contribution in [0.3, 0.4) is 0 Å². The Balaban J connectivity index is 1.52. The van der Waals surface area contributed by atoms with Crippen molar-refractivity contribution in [3.05, 3.63) is 29.8 Å². The molecule has 2 saturated heterocycles. The fourth-order valence-electron chi connectivity index (χ4n) is 3.58. The molecule has 2 aliphatic rings. The molecule has 0 saturated carbocycles. The van der Waals surface area contributed by atoms with Crippen LogP contribution in [0.2, 0.25) is 0 Å². The Morgan fingerprint density at radius 1 is 1.21 bits per heavy atom. The van der Waals surface area contributed by atoms with Gasteiger partial charge >= 0.3 is 5.97 Å². The van der Waals surface area contributed by atoms with Gasteiger partial charge in [-0.15, -0.1) is 0 Å². The maximum absolute atomic E-state index is 12.6. The van der Waals surface area contributed by atoms with E-state index in [4.69, 9.17) is 9.47 Å². The third-order valence-electron chi connectivity index (χ3n) is 5.28. The highest BCUT2D eigenvalue weighted by Gasteiger charge is 2.38. The fraction of sp³-hybridized carbons (Fsp3) is 0.571. The molecule has 0 aliphatic carbocycles. The van der Waals surface area contributed by atoms with Crippen LogP contribution < -0.4 is 5.32 Å². The number of anilines is 1. The molecule has 0 aromatic heterocycles. The molecule has 2 amide bonds. The molecule has 1 atom stereocenters. The smallest absolute Gasteiger partial charge is 0.338 e. The fourth-order valence-corrected chi connectivity index (χ4v) is 3.58. The average Bonchev–Trinajstić information content (AvgIpc) is 3.11. The van der Waals surface area contributed by atoms with Crippen molar-refractivity contribution < 1.29 is 23.9 Å². The Morgan fingerprint density at radius 2 is 1.93 bits per heavy atom. The largest absolute Gasteiger partial charge is 0.462 e. The SMILES string of the molecule is CCCCOC(=O)c1ccc(NC(=O)C2CC(=O)N(C3CCOCC3)C2)cc1. The van der Waals surface area contributed by atoms with Gasteiger partial charge in [0, 0.05) is 37.9 Å². The lowest BCUT2D eigenvalue weighted by Crippen LogP contribution is -2.41. The van der Waals surface area contributed by atoms with Gasteiger partial charge in [-0.25, -0.2) is 4.79 Å². The van der Waals surface area contributed by atoms with Crippen LogP contribution in [0.25, 0.3) is 0 Å². The molecule has 28 heavy (non-hydrogen) atoms. The summed E-state index contributed by atoms with van der Waals surface area (Å²) in [4.78, 5) is 38.7. The Hall–Kier alpha value is -2.41. The topological polar surface area (TPSA) is 84.9 Å². The number of carbonyl (C=O) groups excluding carboxylic acids is 3. The Kier molecular flexibility index (Phi) is 7.03. The number of amides is 2. The van der Waals surface area contributed by atoms with Gasteiger partial charge in [0.15, 0.2) is 0 Å². The summed E-state index contributed by atoms with van der Waals surface area (Å²) in [5.41, 5.74) is 1.06. The second kappa shape index (κ2) is 9.68. The van der Waals surface area contributed by atoms with E-state index in [1.807, 2.05) is 11.8 Å². The molecular formula is C21H28N2O5. The maximum atomic E-state index is 12.6. The van der Waals surface area contributed by atoms with E-state index in [0.29, 0.717) is 37.6 Å². The van der Waals surface area contributed by atoms with E-state index >= 15 is 0 Å². The molecule has 2 aliphatic heterocycles. The van der Waals surface area contributed by atoms with E-state index < -0.39 is 0 Å². The molecule has 3 rings (SSSR count). The lowest BCUT2D eigenvalue weighted by Gasteiger charge is -2.31. The van der Waals surface area contributed by atoms with Gasteiger partial charge in [0.1, 0.15) is 0 Å². The van der Waals surface area contributed by atoms with Gasteiger partial charge < -0.3 is 19.7 Å². The van der Waals surface area contributed by atoms with Crippen LogP contribution in [0.4, 0.5) is 5.69 Å². The first kappa shape index (κ1) is 20.3. The van der Waals surface area contributed by atoms with Gasteiger partial charge in [-0.1, -0.05) is 13.3 Å². The molecule has 7 heteroatoms. The lowest BCUT2D eigenvalue weighted by atomic mass is 10.1. The van der Waals surface area contributed by atoms with Gasteiger partial charge in [-0.2, -0.15) is 0 Å². The maximum Gasteiger partial charge on any atom is 0.338 e. The van der Waals surface area contributed by atoms with Crippen LogP contribution in [0, 0.1) is 5.92 Å². The van der Waals surface area contributed by atoms with E-state index in [1.165, 1.54) is 0 Å². The Morgan fingerprint density at radius 3 is 2.61 bits per heavy atom. The number of benzene rings is 1. The summed E-state index contributed by atoms with van der Waals surface area (Å²) in [7, 11) is 0. The highest BCUT2D eigenvalue weighted by molar-refractivity contribution is 5.97. The summed E-state index contributed by atoms with van der Waals surface area (Å²) in [6.45, 7) is 4.23. The van der Waals surface area contributed by atoms with Gasteiger partial charge in [-0.05, 0) is 43.5 Å². The minimum absolute atomic E-state index is 0.0391. The number of nitrogens with zero attached hydrogens (tertiary/aromatic N) is 1. The molecular weight excluding hydrogens is 360 g/mol. The van der Waals surface area contributed by atoms with Crippen molar-refractivity contribution in [2.75, 3.05) is 31.7 Å². The van der Waals surface area contributed by atoms with Crippen molar-refractivity contribution >= 4 is 23.5 Å². The first-order chi connectivity index (χ1) is 13.6. The number of rotatable bonds is 7. The summed E-state index contributed by atoms with van der Waals surface area (Å²) in [5, 5.41) is 2.85. The number of ether oxygens (including phenoxy) is 2. The van der Waals surface area contributed by atoms with Gasteiger partial charge in [0.2, 0.25) is 11.8 Å². The van der Waals surface area contributed by atoms with Crippen LogP contribution >= 0.6 is 0 Å². The van der Waals surface area contributed by atoms with Gasteiger partial charge in [0.05, 0.1) is 18.1 Å². The number of hydrogen-bond acceptors (Lipinski definition) is 5. The molecule has 0 bridgehead atoms. The number of hydrogen-bond donors (Lipinski definition) is 1. The molecule has 7 nitrogen and oxygen atoms in total. The third-order valence-corrected chi connectivity index (χ3v) is 5.28. The van der Waals surface area contributed by atoms with E-state index in [-0.39, 0.29) is 36.2 Å². The average molecular weight is 388 g/mol. The zero-order chi connectivity index (χ0) is 19.9. The first-order valence-electron chi connectivity index (χ1n) is 10.0. The monoisotopic (exact) mass is 388 g/mol. The van der Waals surface area contributed by atoms with Crippen molar-refractivity contribution in [2.24, 2.45) is 5.92 Å². The van der Waals surface area contributed by atoms with Crippen LogP contribution in [-0.2, 0) is 19.1 Å². The Bertz CT molecular complexity index is 697. The van der Waals surface area contributed by atoms with Crippen molar-refractivity contribution in [1.29, 1.82) is 0 Å². The van der Waals surface area contributed by atoms with Crippen molar-refractivity contribution in [3.8, 4) is 0 Å². The number of esters is 1. The van der Waals surface area contributed by atoms with Crippen molar-refractivity contribution in [3.63, 3.8) is 0 Å². The van der Waals surface area contributed by atoms with Crippen molar-refractivity contribution in [1.82, 2.24) is 4.90 Å². The molecule has 2 heterocycles. The van der Waals surface area contributed by atoms with E-state index in [9.17, 15) is 14.4 Å². The highest BCUT2D eigenvalue weighted by Crippen LogP contribution is 2.26. The predicted octanol–water partition coefficient (Wildman–Crippen LogP) is 2.61. The molecule has 0 radical (unpaired) electrons. The van der Waals surface area contributed by atoms with Gasteiger partial charge in [-0.3, -0.25) is 9.59 Å². The molecule has 0 spiro atoms. The second-order valence-electron chi connectivity index (χ2n) is 7.35. The number of unbranched alkanes of at least 4 members (excludes halogenated alkanes) is 1. The zero-order valence-electron chi connectivity index (χ0n) is 16.3. The lowest BCUT2D eigenvalue weighted by molar-refractivity contribution is -0.131. The van der Waals surface area contributed by atoms with Crippen LogP contribution in [0.15, 0.2) is 24.3 Å². The summed E-state index contributed by atoms with van der Waals surface area (Å²) in [6.07, 6.45) is 3.70. The summed E-state index contributed by atoms with van der Waals surface area (Å²) >= 11 is 0. The minimum atomic E-state index is -0.361. The summed E-state index contributed by atoms with van der Waals surface area (Å²) in [6, 6.07) is 6.82. The molecule has 1 N–H and O–H groups in total.